The van der Waals surface area contributed by atoms with Crippen molar-refractivity contribution in [3.63, 3.8) is 0 Å². The van der Waals surface area contributed by atoms with E-state index in [9.17, 15) is 9.59 Å². The number of piperazine rings is 1. The monoisotopic (exact) mass is 363 g/mol. The number of carbonyl (C=O) groups is 2. The lowest BCUT2D eigenvalue weighted by Gasteiger charge is -2.33. The van der Waals surface area contributed by atoms with E-state index in [1.165, 1.54) is 11.3 Å². The number of nitrogens with one attached hydrogen (secondary N) is 1. The molecular formula is C15H17N5O2S2. The Morgan fingerprint density at radius 3 is 2.83 bits per heavy atom. The minimum atomic E-state index is 0.00895. The van der Waals surface area contributed by atoms with Gasteiger partial charge in [0.05, 0.1) is 16.9 Å². The van der Waals surface area contributed by atoms with Crippen molar-refractivity contribution in [3.05, 3.63) is 22.5 Å². The van der Waals surface area contributed by atoms with Gasteiger partial charge in [0.15, 0.2) is 4.96 Å². The van der Waals surface area contributed by atoms with Crippen molar-refractivity contribution >= 4 is 49.8 Å². The van der Waals surface area contributed by atoms with Gasteiger partial charge in [-0.2, -0.15) is 0 Å². The van der Waals surface area contributed by atoms with E-state index in [0.717, 1.165) is 33.3 Å². The predicted molar refractivity (Wildman–Crippen MR) is 94.9 cm³/mol. The maximum absolute atomic E-state index is 12.7. The summed E-state index contributed by atoms with van der Waals surface area (Å²) in [5.74, 6) is 0.0660. The smallest absolute Gasteiger partial charge is 0.264 e. The highest BCUT2D eigenvalue weighted by atomic mass is 32.1. The highest BCUT2D eigenvalue weighted by Crippen LogP contribution is 2.29. The maximum Gasteiger partial charge on any atom is 0.264 e. The molecule has 4 rings (SSSR count). The number of aromatic nitrogens is 2. The van der Waals surface area contributed by atoms with E-state index >= 15 is 0 Å². The molecule has 24 heavy (non-hydrogen) atoms. The summed E-state index contributed by atoms with van der Waals surface area (Å²) >= 11 is 3.04. The molecule has 1 saturated heterocycles. The molecule has 9 heteroatoms. The van der Waals surface area contributed by atoms with Crippen molar-refractivity contribution in [1.29, 1.82) is 0 Å². The molecule has 0 spiro atoms. The summed E-state index contributed by atoms with van der Waals surface area (Å²) in [4.78, 5) is 35.2. The molecule has 126 valence electrons. The van der Waals surface area contributed by atoms with Crippen LogP contribution in [0.15, 0.2) is 17.6 Å². The van der Waals surface area contributed by atoms with E-state index in [4.69, 9.17) is 0 Å². The number of imidazole rings is 1. The maximum atomic E-state index is 12.7. The molecule has 0 atom stereocenters. The van der Waals surface area contributed by atoms with Gasteiger partial charge in [0, 0.05) is 44.8 Å². The molecule has 0 saturated carbocycles. The Morgan fingerprint density at radius 2 is 2.08 bits per heavy atom. The number of thiophene rings is 1. The van der Waals surface area contributed by atoms with E-state index in [2.05, 4.69) is 15.2 Å². The number of hydrogen-bond donors (Lipinski definition) is 1. The summed E-state index contributed by atoms with van der Waals surface area (Å²) in [6.07, 6.45) is 1.98. The number of nitrogens with zero attached hydrogens (tertiary/aromatic N) is 4. The lowest BCUT2D eigenvalue weighted by atomic mass is 10.3. The van der Waals surface area contributed by atoms with Gasteiger partial charge in [0.1, 0.15) is 4.83 Å². The van der Waals surface area contributed by atoms with Crippen LogP contribution >= 0.6 is 22.7 Å². The van der Waals surface area contributed by atoms with Gasteiger partial charge in [-0.05, 0) is 6.07 Å². The summed E-state index contributed by atoms with van der Waals surface area (Å²) in [6.45, 7) is 3.12. The largest absolute Gasteiger partial charge is 0.358 e. The zero-order chi connectivity index (χ0) is 16.7. The molecule has 7 nitrogen and oxygen atoms in total. The molecule has 3 aromatic heterocycles. The fourth-order valence-electron chi connectivity index (χ4n) is 2.90. The Morgan fingerprint density at radius 1 is 1.29 bits per heavy atom. The van der Waals surface area contributed by atoms with Gasteiger partial charge < -0.3 is 10.2 Å². The topological polar surface area (TPSA) is 70.0 Å². The molecule has 2 amide bonds. The van der Waals surface area contributed by atoms with Gasteiger partial charge in [0.2, 0.25) is 5.91 Å². The Hall–Kier alpha value is -1.97. The first kappa shape index (κ1) is 15.6. The molecule has 0 aromatic carbocycles. The van der Waals surface area contributed by atoms with Gasteiger partial charge in [0.25, 0.3) is 5.91 Å². The van der Waals surface area contributed by atoms with Crippen LogP contribution in [0.25, 0.3) is 15.3 Å². The van der Waals surface area contributed by atoms with Crippen LogP contribution in [0.2, 0.25) is 0 Å². The van der Waals surface area contributed by atoms with Crippen molar-refractivity contribution < 1.29 is 9.59 Å². The number of hydrogen-bond acceptors (Lipinski definition) is 6. The molecule has 0 bridgehead atoms. The van der Waals surface area contributed by atoms with Crippen LogP contribution in [0.3, 0.4) is 0 Å². The normalized spacial score (nSPS) is 16.1. The second-order valence-corrected chi connectivity index (χ2v) is 7.61. The van der Waals surface area contributed by atoms with E-state index in [-0.39, 0.29) is 11.8 Å². The zero-order valence-electron chi connectivity index (χ0n) is 13.2. The molecule has 1 fully saturated rings. The van der Waals surface area contributed by atoms with Crippen LogP contribution in [0.4, 0.5) is 0 Å². The van der Waals surface area contributed by atoms with Crippen LogP contribution in [-0.4, -0.2) is 70.8 Å². The Labute approximate surface area is 146 Å². The predicted octanol–water partition coefficient (Wildman–Crippen LogP) is 1.11. The lowest BCUT2D eigenvalue weighted by Crippen LogP contribution is -2.50. The van der Waals surface area contributed by atoms with Crippen molar-refractivity contribution in [1.82, 2.24) is 24.5 Å². The highest BCUT2D eigenvalue weighted by molar-refractivity contribution is 7.21. The molecule has 0 aliphatic carbocycles. The third-order valence-electron chi connectivity index (χ3n) is 4.26. The number of thiazole rings is 1. The van der Waals surface area contributed by atoms with Crippen LogP contribution < -0.4 is 5.32 Å². The third-order valence-corrected chi connectivity index (χ3v) is 6.02. The second kappa shape index (κ2) is 6.15. The highest BCUT2D eigenvalue weighted by Gasteiger charge is 2.25. The van der Waals surface area contributed by atoms with E-state index in [1.54, 1.807) is 18.4 Å². The number of fused-ring (bicyclic) bond motifs is 3. The summed E-state index contributed by atoms with van der Waals surface area (Å²) in [6, 6.07) is 1.94. The van der Waals surface area contributed by atoms with Crippen LogP contribution in [0.5, 0.6) is 0 Å². The van der Waals surface area contributed by atoms with E-state index in [1.807, 2.05) is 26.9 Å². The molecule has 1 N–H and O–H groups in total. The van der Waals surface area contributed by atoms with Crippen LogP contribution in [0, 0.1) is 0 Å². The fourth-order valence-corrected chi connectivity index (χ4v) is 4.67. The van der Waals surface area contributed by atoms with Gasteiger partial charge in [-0.15, -0.1) is 22.7 Å². The molecule has 3 aromatic rings. The first-order chi connectivity index (χ1) is 11.7. The minimum absolute atomic E-state index is 0.00895. The standard InChI is InChI=1S/C15H17N5O2S2/c1-16-12(21)9-18-2-4-19(5-3-18)14(22)11-8-10-13(24-11)17-15-20(10)6-7-23-15/h6-8H,2-5,9H2,1H3,(H,16,21). The van der Waals surface area contributed by atoms with Crippen molar-refractivity contribution in [2.24, 2.45) is 0 Å². The average molecular weight is 363 g/mol. The van der Waals surface area contributed by atoms with E-state index < -0.39 is 0 Å². The van der Waals surface area contributed by atoms with Gasteiger partial charge in [-0.1, -0.05) is 0 Å². The summed E-state index contributed by atoms with van der Waals surface area (Å²) in [7, 11) is 1.64. The Balaban J connectivity index is 1.46. The lowest BCUT2D eigenvalue weighted by molar-refractivity contribution is -0.122. The first-order valence-electron chi connectivity index (χ1n) is 7.73. The number of rotatable bonds is 3. The van der Waals surface area contributed by atoms with Crippen molar-refractivity contribution in [2.45, 2.75) is 0 Å². The average Bonchev–Trinajstić information content (AvgIpc) is 3.26. The first-order valence-corrected chi connectivity index (χ1v) is 9.42. The summed E-state index contributed by atoms with van der Waals surface area (Å²) in [5, 5.41) is 4.62. The van der Waals surface area contributed by atoms with Crippen molar-refractivity contribution in [2.75, 3.05) is 39.8 Å². The Bertz CT molecular complexity index is 904. The summed E-state index contributed by atoms with van der Waals surface area (Å²) in [5.41, 5.74) is 0.998. The molecule has 4 heterocycles. The molecule has 0 unspecified atom stereocenters. The second-order valence-electron chi connectivity index (χ2n) is 5.71. The SMILES string of the molecule is CNC(=O)CN1CCN(C(=O)c2cc3c(nc4sccn43)s2)CC1. The quantitative estimate of drug-likeness (QED) is 0.757. The third kappa shape index (κ3) is 2.68. The number of carbonyl (C=O) groups excluding carboxylic acids is 2. The number of amides is 2. The van der Waals surface area contributed by atoms with Crippen molar-refractivity contribution in [3.8, 4) is 0 Å². The summed E-state index contributed by atoms with van der Waals surface area (Å²) < 4.78 is 2.02. The van der Waals surface area contributed by atoms with Crippen LogP contribution in [-0.2, 0) is 4.79 Å². The van der Waals surface area contributed by atoms with E-state index in [0.29, 0.717) is 19.6 Å². The van der Waals surface area contributed by atoms with Gasteiger partial charge in [-0.25, -0.2) is 4.98 Å². The fraction of sp³-hybridized carbons (Fsp3) is 0.400. The van der Waals surface area contributed by atoms with Gasteiger partial charge in [-0.3, -0.25) is 18.9 Å². The Kier molecular flexibility index (Phi) is 3.99. The zero-order valence-corrected chi connectivity index (χ0v) is 14.8. The van der Waals surface area contributed by atoms with Crippen LogP contribution in [0.1, 0.15) is 9.67 Å². The molecular weight excluding hydrogens is 346 g/mol. The minimum Gasteiger partial charge on any atom is -0.358 e. The molecule has 0 radical (unpaired) electrons. The van der Waals surface area contributed by atoms with Gasteiger partial charge >= 0.3 is 0 Å². The molecule has 1 aliphatic rings. The number of likely N-dealkylation sites (N-methyl/N-ethyl adjacent to an activating group) is 1. The molecule has 1 aliphatic heterocycles.